The molecule has 23 heavy (non-hydrogen) atoms. The summed E-state index contributed by atoms with van der Waals surface area (Å²) in [5, 5.41) is 3.59. The average Bonchev–Trinajstić information content (AvgIpc) is 2.87. The van der Waals surface area contributed by atoms with Crippen molar-refractivity contribution in [2.45, 2.75) is 19.5 Å². The lowest BCUT2D eigenvalue weighted by atomic mass is 10.1. The van der Waals surface area contributed by atoms with Crippen molar-refractivity contribution in [2.75, 3.05) is 5.32 Å². The molecule has 0 radical (unpaired) electrons. The highest BCUT2D eigenvalue weighted by Crippen LogP contribution is 2.27. The molecule has 2 amide bonds. The Labute approximate surface area is 144 Å². The summed E-state index contributed by atoms with van der Waals surface area (Å²) in [5.41, 5.74) is 2.01. The van der Waals surface area contributed by atoms with Crippen LogP contribution in [0.15, 0.2) is 42.5 Å². The minimum absolute atomic E-state index is 0.138. The van der Waals surface area contributed by atoms with E-state index in [4.69, 9.17) is 23.2 Å². The van der Waals surface area contributed by atoms with E-state index in [9.17, 15) is 9.59 Å². The Hall–Kier alpha value is -2.04. The predicted molar refractivity (Wildman–Crippen MR) is 90.9 cm³/mol. The van der Waals surface area contributed by atoms with Crippen molar-refractivity contribution in [3.8, 4) is 0 Å². The second-order valence-electron chi connectivity index (χ2n) is 5.38. The van der Waals surface area contributed by atoms with Crippen molar-refractivity contribution in [1.82, 2.24) is 4.90 Å². The van der Waals surface area contributed by atoms with Crippen LogP contribution in [-0.2, 0) is 11.3 Å². The third-order valence-corrected chi connectivity index (χ3v) is 4.45. The first-order chi connectivity index (χ1) is 11.0. The normalized spacial score (nSPS) is 14.6. The van der Waals surface area contributed by atoms with E-state index in [1.165, 1.54) is 0 Å². The zero-order chi connectivity index (χ0) is 16.6. The van der Waals surface area contributed by atoms with Gasteiger partial charge in [-0.15, -0.1) is 0 Å². The van der Waals surface area contributed by atoms with Crippen molar-refractivity contribution in [3.63, 3.8) is 0 Å². The number of rotatable bonds is 3. The molecule has 0 saturated heterocycles. The molecule has 0 aromatic heterocycles. The van der Waals surface area contributed by atoms with Crippen LogP contribution in [0.2, 0.25) is 10.0 Å². The van der Waals surface area contributed by atoms with Gasteiger partial charge in [-0.2, -0.15) is 0 Å². The first-order valence-electron chi connectivity index (χ1n) is 7.12. The number of amides is 2. The number of hydrogen-bond acceptors (Lipinski definition) is 2. The lowest BCUT2D eigenvalue weighted by molar-refractivity contribution is -0.120. The number of nitrogens with one attached hydrogen (secondary N) is 1. The van der Waals surface area contributed by atoms with Crippen LogP contribution in [0.4, 0.5) is 5.69 Å². The van der Waals surface area contributed by atoms with Crippen LogP contribution < -0.4 is 5.32 Å². The van der Waals surface area contributed by atoms with Crippen LogP contribution in [0, 0.1) is 0 Å². The Bertz CT molecular complexity index is 792. The van der Waals surface area contributed by atoms with Gasteiger partial charge in [0.2, 0.25) is 5.91 Å². The number of fused-ring (bicyclic) bond motifs is 1. The quantitative estimate of drug-likeness (QED) is 0.911. The number of anilines is 1. The van der Waals surface area contributed by atoms with Crippen molar-refractivity contribution in [3.05, 3.63) is 63.6 Å². The summed E-state index contributed by atoms with van der Waals surface area (Å²) >= 11 is 12.0. The Morgan fingerprint density at radius 1 is 1.22 bits per heavy atom. The molecule has 1 aliphatic rings. The predicted octanol–water partition coefficient (Wildman–Crippen LogP) is 3.98. The van der Waals surface area contributed by atoms with Gasteiger partial charge in [-0.1, -0.05) is 41.4 Å². The maximum Gasteiger partial charge on any atom is 0.255 e. The lowest BCUT2D eigenvalue weighted by Crippen LogP contribution is -2.42. The van der Waals surface area contributed by atoms with Crippen LogP contribution in [0.1, 0.15) is 22.8 Å². The van der Waals surface area contributed by atoms with E-state index in [0.717, 1.165) is 5.56 Å². The fourth-order valence-corrected chi connectivity index (χ4v) is 2.90. The van der Waals surface area contributed by atoms with Gasteiger partial charge >= 0.3 is 0 Å². The smallest absolute Gasteiger partial charge is 0.255 e. The van der Waals surface area contributed by atoms with Gasteiger partial charge in [0, 0.05) is 17.1 Å². The lowest BCUT2D eigenvalue weighted by Gasteiger charge is -2.23. The fourth-order valence-electron chi connectivity index (χ4n) is 2.56. The Balaban J connectivity index is 1.76. The molecule has 0 bridgehead atoms. The monoisotopic (exact) mass is 348 g/mol. The SMILES string of the molecule is C[C@@H](C(=O)Nc1cc(Cl)ccc1Cl)N1Cc2ccccc2C1=O. The summed E-state index contributed by atoms with van der Waals surface area (Å²) in [6, 6.07) is 11.6. The molecule has 0 fully saturated rings. The first kappa shape index (κ1) is 15.8. The van der Waals surface area contributed by atoms with Gasteiger partial charge in [-0.25, -0.2) is 0 Å². The molecule has 0 saturated carbocycles. The van der Waals surface area contributed by atoms with Crippen molar-refractivity contribution in [2.24, 2.45) is 0 Å². The Morgan fingerprint density at radius 3 is 2.70 bits per heavy atom. The summed E-state index contributed by atoms with van der Waals surface area (Å²) in [5.74, 6) is -0.448. The van der Waals surface area contributed by atoms with Crippen LogP contribution in [-0.4, -0.2) is 22.8 Å². The molecule has 2 aromatic carbocycles. The number of halogens is 2. The maximum absolute atomic E-state index is 12.5. The highest BCUT2D eigenvalue weighted by molar-refractivity contribution is 6.35. The number of nitrogens with zero attached hydrogens (tertiary/aromatic N) is 1. The second kappa shape index (κ2) is 6.22. The third-order valence-electron chi connectivity index (χ3n) is 3.88. The van der Waals surface area contributed by atoms with Crippen LogP contribution in [0.3, 0.4) is 0 Å². The van der Waals surface area contributed by atoms with Gasteiger partial charge in [0.25, 0.3) is 5.91 Å². The highest BCUT2D eigenvalue weighted by Gasteiger charge is 2.33. The molecule has 0 unspecified atom stereocenters. The van der Waals surface area contributed by atoms with Gasteiger partial charge in [-0.05, 0) is 36.8 Å². The number of carbonyl (C=O) groups excluding carboxylic acids is 2. The molecular formula is C17H14Cl2N2O2. The molecule has 2 aromatic rings. The van der Waals surface area contributed by atoms with E-state index in [-0.39, 0.29) is 11.8 Å². The minimum Gasteiger partial charge on any atom is -0.323 e. The average molecular weight is 349 g/mol. The molecule has 1 aliphatic heterocycles. The third kappa shape index (κ3) is 3.05. The van der Waals surface area contributed by atoms with E-state index in [1.807, 2.05) is 18.2 Å². The van der Waals surface area contributed by atoms with Gasteiger partial charge in [-0.3, -0.25) is 9.59 Å². The van der Waals surface area contributed by atoms with Crippen molar-refractivity contribution >= 4 is 40.7 Å². The molecule has 6 heteroatoms. The molecular weight excluding hydrogens is 335 g/mol. The van der Waals surface area contributed by atoms with E-state index >= 15 is 0 Å². The standard InChI is InChI=1S/C17H14Cl2N2O2/c1-10(16(22)20-15-8-12(18)6-7-14(15)19)21-9-11-4-2-3-5-13(11)17(21)23/h2-8,10H,9H2,1H3,(H,20,22)/t10-/m0/s1. The van der Waals surface area contributed by atoms with Crippen molar-refractivity contribution in [1.29, 1.82) is 0 Å². The van der Waals surface area contributed by atoms with Gasteiger partial charge in [0.1, 0.15) is 6.04 Å². The van der Waals surface area contributed by atoms with Crippen molar-refractivity contribution < 1.29 is 9.59 Å². The zero-order valence-electron chi connectivity index (χ0n) is 12.3. The highest BCUT2D eigenvalue weighted by atomic mass is 35.5. The van der Waals surface area contributed by atoms with Gasteiger partial charge < -0.3 is 10.2 Å². The largest absolute Gasteiger partial charge is 0.323 e. The van der Waals surface area contributed by atoms with Crippen LogP contribution >= 0.6 is 23.2 Å². The molecule has 1 heterocycles. The maximum atomic E-state index is 12.5. The minimum atomic E-state index is -0.620. The molecule has 1 atom stereocenters. The van der Waals surface area contributed by atoms with Gasteiger partial charge in [0.05, 0.1) is 10.7 Å². The number of carbonyl (C=O) groups is 2. The molecule has 0 aliphatic carbocycles. The molecule has 0 spiro atoms. The van der Waals surface area contributed by atoms with E-state index in [1.54, 1.807) is 36.1 Å². The van der Waals surface area contributed by atoms with Crippen LogP contribution in [0.25, 0.3) is 0 Å². The summed E-state index contributed by atoms with van der Waals surface area (Å²) in [7, 11) is 0. The number of benzene rings is 2. The van der Waals surface area contributed by atoms with E-state index < -0.39 is 6.04 Å². The summed E-state index contributed by atoms with van der Waals surface area (Å²) in [6.45, 7) is 2.12. The fraction of sp³-hybridized carbons (Fsp3) is 0.176. The molecule has 1 N–H and O–H groups in total. The first-order valence-corrected chi connectivity index (χ1v) is 7.88. The molecule has 118 valence electrons. The Morgan fingerprint density at radius 2 is 1.96 bits per heavy atom. The molecule has 4 nitrogen and oxygen atoms in total. The van der Waals surface area contributed by atoms with Crippen LogP contribution in [0.5, 0.6) is 0 Å². The Kier molecular flexibility index (Phi) is 4.28. The topological polar surface area (TPSA) is 49.4 Å². The number of hydrogen-bond donors (Lipinski definition) is 1. The summed E-state index contributed by atoms with van der Waals surface area (Å²) in [4.78, 5) is 26.4. The summed E-state index contributed by atoms with van der Waals surface area (Å²) in [6.07, 6.45) is 0. The van der Waals surface area contributed by atoms with E-state index in [0.29, 0.717) is 27.8 Å². The second-order valence-corrected chi connectivity index (χ2v) is 6.22. The summed E-state index contributed by atoms with van der Waals surface area (Å²) < 4.78 is 0. The van der Waals surface area contributed by atoms with Gasteiger partial charge in [0.15, 0.2) is 0 Å². The zero-order valence-corrected chi connectivity index (χ0v) is 13.9. The molecule has 3 rings (SSSR count). The van der Waals surface area contributed by atoms with E-state index in [2.05, 4.69) is 5.32 Å².